The number of carbonyl (C=O) groups is 2. The van der Waals surface area contributed by atoms with E-state index in [-0.39, 0.29) is 29.8 Å². The summed E-state index contributed by atoms with van der Waals surface area (Å²) in [6.45, 7) is 1.27. The summed E-state index contributed by atoms with van der Waals surface area (Å²) in [5, 5.41) is 5.25. The van der Waals surface area contributed by atoms with Crippen LogP contribution in [0.5, 0.6) is 0 Å². The molecule has 4 atom stereocenters. The number of benzene rings is 1. The SMILES string of the molecule is CN1C(=O)C2CCNN2C2CCC(C(=O)NCc3nc4ccccc4n3C)CC21. The molecule has 1 aromatic heterocycles. The van der Waals surface area contributed by atoms with Crippen LogP contribution in [0.4, 0.5) is 0 Å². The Morgan fingerprint density at radius 1 is 1.21 bits per heavy atom. The summed E-state index contributed by atoms with van der Waals surface area (Å²) in [4.78, 5) is 32.1. The minimum absolute atomic E-state index is 0.0378. The van der Waals surface area contributed by atoms with Crippen molar-refractivity contribution in [3.63, 3.8) is 0 Å². The highest BCUT2D eigenvalue weighted by molar-refractivity contribution is 5.84. The Bertz CT molecular complexity index is 956. The van der Waals surface area contributed by atoms with Crippen LogP contribution in [0.1, 0.15) is 31.5 Å². The molecule has 1 saturated carbocycles. The van der Waals surface area contributed by atoms with Crippen molar-refractivity contribution in [2.24, 2.45) is 13.0 Å². The van der Waals surface area contributed by atoms with E-state index in [4.69, 9.17) is 0 Å². The molecule has 2 aromatic rings. The Balaban J connectivity index is 1.25. The molecule has 154 valence electrons. The smallest absolute Gasteiger partial charge is 0.241 e. The van der Waals surface area contributed by atoms with E-state index in [1.807, 2.05) is 47.8 Å². The molecular weight excluding hydrogens is 368 g/mol. The third-order valence-corrected chi connectivity index (χ3v) is 6.99. The zero-order valence-corrected chi connectivity index (χ0v) is 17.0. The van der Waals surface area contributed by atoms with Gasteiger partial charge >= 0.3 is 0 Å². The number of imidazole rings is 1. The highest BCUT2D eigenvalue weighted by atomic mass is 16.2. The van der Waals surface area contributed by atoms with Gasteiger partial charge in [-0.25, -0.2) is 9.99 Å². The van der Waals surface area contributed by atoms with Crippen molar-refractivity contribution < 1.29 is 9.59 Å². The zero-order chi connectivity index (χ0) is 20.1. The fourth-order valence-electron chi connectivity index (χ4n) is 5.34. The number of carbonyl (C=O) groups excluding carboxylic acids is 2. The summed E-state index contributed by atoms with van der Waals surface area (Å²) in [6, 6.07) is 8.33. The molecule has 2 amide bonds. The van der Waals surface area contributed by atoms with Crippen molar-refractivity contribution in [3.05, 3.63) is 30.1 Å². The van der Waals surface area contributed by atoms with E-state index in [2.05, 4.69) is 20.7 Å². The topological polar surface area (TPSA) is 82.5 Å². The van der Waals surface area contributed by atoms with Crippen LogP contribution in [0.25, 0.3) is 11.0 Å². The average molecular weight is 396 g/mol. The van der Waals surface area contributed by atoms with Gasteiger partial charge in [0.2, 0.25) is 11.8 Å². The largest absolute Gasteiger partial charge is 0.349 e. The number of aromatic nitrogens is 2. The molecule has 1 aromatic carbocycles. The van der Waals surface area contributed by atoms with E-state index in [1.54, 1.807) is 0 Å². The van der Waals surface area contributed by atoms with Crippen molar-refractivity contribution in [1.29, 1.82) is 0 Å². The molecule has 5 rings (SSSR count). The number of hydrogen-bond donors (Lipinski definition) is 2. The number of aryl methyl sites for hydroxylation is 1. The number of likely N-dealkylation sites (N-methyl/N-ethyl adjacent to an activating group) is 1. The van der Waals surface area contributed by atoms with Crippen LogP contribution in [0, 0.1) is 5.92 Å². The van der Waals surface area contributed by atoms with Crippen LogP contribution in [-0.4, -0.2) is 63.0 Å². The molecule has 3 fully saturated rings. The first-order valence-corrected chi connectivity index (χ1v) is 10.5. The minimum Gasteiger partial charge on any atom is -0.349 e. The minimum atomic E-state index is -0.0691. The third-order valence-electron chi connectivity index (χ3n) is 6.99. The molecule has 3 aliphatic rings. The lowest BCUT2D eigenvalue weighted by molar-refractivity contribution is -0.153. The highest BCUT2D eigenvalue weighted by Gasteiger charge is 2.50. The lowest BCUT2D eigenvalue weighted by Gasteiger charge is -2.50. The number of fused-ring (bicyclic) bond motifs is 4. The second kappa shape index (κ2) is 7.11. The van der Waals surface area contributed by atoms with Crippen LogP contribution in [0.15, 0.2) is 24.3 Å². The summed E-state index contributed by atoms with van der Waals surface area (Å²) in [5.74, 6) is 1.02. The number of amides is 2. The lowest BCUT2D eigenvalue weighted by atomic mass is 9.79. The normalized spacial score (nSPS) is 29.7. The average Bonchev–Trinajstić information content (AvgIpc) is 3.35. The Morgan fingerprint density at radius 3 is 2.86 bits per heavy atom. The maximum atomic E-state index is 12.9. The molecule has 2 aliphatic heterocycles. The molecule has 2 N–H and O–H groups in total. The molecule has 8 nitrogen and oxygen atoms in total. The van der Waals surface area contributed by atoms with Gasteiger partial charge in [0.05, 0.1) is 17.6 Å². The number of nitrogens with zero attached hydrogens (tertiary/aromatic N) is 4. The van der Waals surface area contributed by atoms with E-state index in [1.165, 1.54) is 0 Å². The van der Waals surface area contributed by atoms with Crippen molar-refractivity contribution in [2.75, 3.05) is 13.6 Å². The van der Waals surface area contributed by atoms with E-state index < -0.39 is 0 Å². The first-order chi connectivity index (χ1) is 14.0. The Labute approximate surface area is 170 Å². The molecule has 4 unspecified atom stereocenters. The molecule has 8 heteroatoms. The second-order valence-electron chi connectivity index (χ2n) is 8.51. The van der Waals surface area contributed by atoms with Gasteiger partial charge in [-0.15, -0.1) is 0 Å². The van der Waals surface area contributed by atoms with Crippen LogP contribution in [0.3, 0.4) is 0 Å². The quantitative estimate of drug-likeness (QED) is 0.801. The van der Waals surface area contributed by atoms with Gasteiger partial charge in [0.15, 0.2) is 0 Å². The molecule has 0 spiro atoms. The molecule has 0 radical (unpaired) electrons. The predicted octanol–water partition coefficient (Wildman–Crippen LogP) is 0.778. The Kier molecular flexibility index (Phi) is 4.55. The molecule has 1 aliphatic carbocycles. The lowest BCUT2D eigenvalue weighted by Crippen LogP contribution is -2.67. The molecule has 29 heavy (non-hydrogen) atoms. The van der Waals surface area contributed by atoms with Crippen LogP contribution in [-0.2, 0) is 23.2 Å². The van der Waals surface area contributed by atoms with Crippen LogP contribution < -0.4 is 10.7 Å². The maximum Gasteiger partial charge on any atom is 0.241 e. The predicted molar refractivity (Wildman–Crippen MR) is 108 cm³/mol. The fourth-order valence-corrected chi connectivity index (χ4v) is 5.34. The molecular formula is C21H28N6O2. The van der Waals surface area contributed by atoms with E-state index in [0.29, 0.717) is 19.0 Å². The van der Waals surface area contributed by atoms with E-state index >= 15 is 0 Å². The van der Waals surface area contributed by atoms with Gasteiger partial charge in [0.1, 0.15) is 11.9 Å². The number of para-hydroxylation sites is 2. The number of nitrogens with one attached hydrogen (secondary N) is 2. The van der Waals surface area contributed by atoms with Crippen molar-refractivity contribution >= 4 is 22.8 Å². The second-order valence-corrected chi connectivity index (χ2v) is 8.51. The first-order valence-electron chi connectivity index (χ1n) is 10.5. The Morgan fingerprint density at radius 2 is 2.03 bits per heavy atom. The van der Waals surface area contributed by atoms with Crippen molar-refractivity contribution in [1.82, 2.24) is 30.2 Å². The van der Waals surface area contributed by atoms with Gasteiger partial charge in [-0.2, -0.15) is 0 Å². The molecule has 2 saturated heterocycles. The van der Waals surface area contributed by atoms with Gasteiger partial charge in [-0.05, 0) is 37.8 Å². The summed E-state index contributed by atoms with van der Waals surface area (Å²) in [5.41, 5.74) is 5.39. The zero-order valence-electron chi connectivity index (χ0n) is 17.0. The van der Waals surface area contributed by atoms with Crippen LogP contribution in [0.2, 0.25) is 0 Å². The number of piperazine rings is 1. The van der Waals surface area contributed by atoms with Crippen molar-refractivity contribution in [3.8, 4) is 0 Å². The van der Waals surface area contributed by atoms with Gasteiger partial charge in [0.25, 0.3) is 0 Å². The fraction of sp³-hybridized carbons (Fsp3) is 0.571. The summed E-state index contributed by atoms with van der Waals surface area (Å²) >= 11 is 0. The summed E-state index contributed by atoms with van der Waals surface area (Å²) in [7, 11) is 3.87. The Hall–Kier alpha value is -2.45. The standard InChI is InChI=1S/C21H28N6O2/c1-25-15-6-4-3-5-14(15)24-19(25)12-22-20(28)13-7-8-16-18(11-13)26(2)21(29)17-9-10-23-27(16)17/h3-6,13,16-18,23H,7-12H2,1-2H3,(H,22,28). The maximum absolute atomic E-state index is 12.9. The third kappa shape index (κ3) is 3.02. The first kappa shape index (κ1) is 18.6. The van der Waals surface area contributed by atoms with Crippen molar-refractivity contribution in [2.45, 2.75) is 50.4 Å². The number of hydrogen-bond acceptors (Lipinski definition) is 5. The monoisotopic (exact) mass is 396 g/mol. The van der Waals surface area contributed by atoms with Gasteiger partial charge in [0, 0.05) is 38.6 Å². The van der Waals surface area contributed by atoms with Gasteiger partial charge in [-0.1, -0.05) is 12.1 Å². The summed E-state index contributed by atoms with van der Waals surface area (Å²) in [6.07, 6.45) is 3.36. The van der Waals surface area contributed by atoms with E-state index in [9.17, 15) is 9.59 Å². The number of rotatable bonds is 3. The van der Waals surface area contributed by atoms with Crippen LogP contribution >= 0.6 is 0 Å². The van der Waals surface area contributed by atoms with Gasteiger partial charge < -0.3 is 14.8 Å². The number of hydrazine groups is 1. The molecule has 0 bridgehead atoms. The summed E-state index contributed by atoms with van der Waals surface area (Å²) < 4.78 is 2.03. The highest BCUT2D eigenvalue weighted by Crippen LogP contribution is 2.36. The molecule has 3 heterocycles. The van der Waals surface area contributed by atoms with Gasteiger partial charge in [-0.3, -0.25) is 15.0 Å². The van der Waals surface area contributed by atoms with E-state index in [0.717, 1.165) is 42.7 Å².